The Hall–Kier alpha value is -1.69. The van der Waals surface area contributed by atoms with E-state index in [9.17, 15) is 10.2 Å². The molecule has 0 aliphatic heterocycles. The summed E-state index contributed by atoms with van der Waals surface area (Å²) in [6, 6.07) is 4.25. The fourth-order valence-corrected chi connectivity index (χ4v) is 2.16. The number of thioether (sulfide) groups is 1. The molecule has 0 fully saturated rings. The highest BCUT2D eigenvalue weighted by Gasteiger charge is 2.13. The largest absolute Gasteiger partial charge is 0.508 e. The maximum absolute atomic E-state index is 9.68. The average molecular weight is 266 g/mol. The lowest BCUT2D eigenvalue weighted by atomic mass is 10.2. The van der Waals surface area contributed by atoms with Crippen molar-refractivity contribution in [3.8, 4) is 23.0 Å². The fraction of sp³-hybridized carbons (Fsp3) is 0.333. The first-order chi connectivity index (χ1) is 8.70. The third-order valence-corrected chi connectivity index (χ3v) is 3.42. The van der Waals surface area contributed by atoms with Crippen LogP contribution < -0.4 is 0 Å². The first-order valence-corrected chi connectivity index (χ1v) is 6.79. The molecule has 0 radical (unpaired) electrons. The number of hydrogen-bond donors (Lipinski definition) is 2. The molecule has 18 heavy (non-hydrogen) atoms. The maximum Gasteiger partial charge on any atom is 0.261 e. The van der Waals surface area contributed by atoms with Crippen LogP contribution in [-0.4, -0.2) is 26.1 Å². The van der Waals surface area contributed by atoms with E-state index in [1.807, 2.05) is 0 Å². The molecule has 0 spiro atoms. The Balaban J connectivity index is 2.13. The van der Waals surface area contributed by atoms with Crippen LogP contribution in [0.3, 0.4) is 0 Å². The van der Waals surface area contributed by atoms with Crippen molar-refractivity contribution in [1.82, 2.24) is 10.1 Å². The third-order valence-electron chi connectivity index (χ3n) is 2.26. The van der Waals surface area contributed by atoms with E-state index in [0.717, 1.165) is 12.2 Å². The predicted octanol–water partition coefficient (Wildman–Crippen LogP) is 2.79. The van der Waals surface area contributed by atoms with Gasteiger partial charge in [-0.2, -0.15) is 16.7 Å². The zero-order valence-corrected chi connectivity index (χ0v) is 10.8. The molecule has 0 aliphatic carbocycles. The Bertz CT molecular complexity index is 528. The Labute approximate surface area is 109 Å². The van der Waals surface area contributed by atoms with Gasteiger partial charge in [-0.05, 0) is 24.3 Å². The highest BCUT2D eigenvalue weighted by Crippen LogP contribution is 2.31. The van der Waals surface area contributed by atoms with E-state index in [1.165, 1.54) is 12.1 Å². The second-order valence-electron chi connectivity index (χ2n) is 3.77. The minimum atomic E-state index is -0.0774. The Kier molecular flexibility index (Phi) is 4.09. The molecule has 0 saturated heterocycles. The molecule has 1 aromatic heterocycles. The summed E-state index contributed by atoms with van der Waals surface area (Å²) in [7, 11) is 0. The topological polar surface area (TPSA) is 79.4 Å². The molecule has 96 valence electrons. The molecule has 0 unspecified atom stereocenters. The molecule has 1 aromatic carbocycles. The quantitative estimate of drug-likeness (QED) is 0.810. The van der Waals surface area contributed by atoms with E-state index in [0.29, 0.717) is 17.1 Å². The van der Waals surface area contributed by atoms with Gasteiger partial charge < -0.3 is 14.7 Å². The Morgan fingerprint density at radius 2 is 2.17 bits per heavy atom. The minimum absolute atomic E-state index is 0.00510. The van der Waals surface area contributed by atoms with E-state index >= 15 is 0 Å². The molecule has 0 aliphatic rings. The van der Waals surface area contributed by atoms with Crippen molar-refractivity contribution >= 4 is 11.8 Å². The van der Waals surface area contributed by atoms with Crippen LogP contribution in [0.2, 0.25) is 0 Å². The van der Waals surface area contributed by atoms with Crippen molar-refractivity contribution in [2.24, 2.45) is 0 Å². The van der Waals surface area contributed by atoms with Crippen LogP contribution in [0.5, 0.6) is 11.5 Å². The SMILES string of the molecule is CCCSCc1noc(-c2ccc(O)cc2O)n1. The number of rotatable bonds is 5. The van der Waals surface area contributed by atoms with Gasteiger partial charge in [0.2, 0.25) is 0 Å². The Morgan fingerprint density at radius 3 is 2.89 bits per heavy atom. The Morgan fingerprint density at radius 1 is 1.33 bits per heavy atom. The first kappa shape index (κ1) is 12.8. The van der Waals surface area contributed by atoms with Crippen LogP contribution in [0, 0.1) is 0 Å². The van der Waals surface area contributed by atoms with Gasteiger partial charge in [-0.3, -0.25) is 0 Å². The normalized spacial score (nSPS) is 10.7. The molecule has 0 bridgehead atoms. The van der Waals surface area contributed by atoms with Crippen LogP contribution in [0.1, 0.15) is 19.2 Å². The van der Waals surface area contributed by atoms with Gasteiger partial charge in [0, 0.05) is 6.07 Å². The number of phenols is 2. The lowest BCUT2D eigenvalue weighted by Gasteiger charge is -1.99. The zero-order valence-electron chi connectivity index (χ0n) is 9.96. The van der Waals surface area contributed by atoms with Crippen LogP contribution in [0.4, 0.5) is 0 Å². The fourth-order valence-electron chi connectivity index (χ4n) is 1.43. The number of nitrogens with zero attached hydrogens (tertiary/aromatic N) is 2. The highest BCUT2D eigenvalue weighted by molar-refractivity contribution is 7.98. The molecular weight excluding hydrogens is 252 g/mol. The maximum atomic E-state index is 9.68. The van der Waals surface area contributed by atoms with E-state index in [4.69, 9.17) is 4.52 Å². The van der Waals surface area contributed by atoms with E-state index in [1.54, 1.807) is 17.8 Å². The van der Waals surface area contributed by atoms with Gasteiger partial charge >= 0.3 is 0 Å². The molecule has 6 heteroatoms. The summed E-state index contributed by atoms with van der Waals surface area (Å²) in [5.41, 5.74) is 0.423. The molecule has 0 saturated carbocycles. The van der Waals surface area contributed by atoms with Crippen molar-refractivity contribution < 1.29 is 14.7 Å². The van der Waals surface area contributed by atoms with E-state index in [2.05, 4.69) is 17.1 Å². The zero-order chi connectivity index (χ0) is 13.0. The second kappa shape index (κ2) is 5.77. The molecule has 0 amide bonds. The van der Waals surface area contributed by atoms with Gasteiger partial charge in [-0.25, -0.2) is 0 Å². The monoisotopic (exact) mass is 266 g/mol. The number of hydrogen-bond acceptors (Lipinski definition) is 6. The molecule has 2 N–H and O–H groups in total. The van der Waals surface area contributed by atoms with Gasteiger partial charge in [0.05, 0.1) is 11.3 Å². The van der Waals surface area contributed by atoms with Crippen molar-refractivity contribution in [1.29, 1.82) is 0 Å². The molecule has 2 aromatic rings. The van der Waals surface area contributed by atoms with Crippen LogP contribution in [-0.2, 0) is 5.75 Å². The molecule has 0 atom stereocenters. The van der Waals surface area contributed by atoms with Gasteiger partial charge in [-0.15, -0.1) is 0 Å². The predicted molar refractivity (Wildman–Crippen MR) is 69.5 cm³/mol. The first-order valence-electron chi connectivity index (χ1n) is 5.63. The van der Waals surface area contributed by atoms with E-state index < -0.39 is 0 Å². The summed E-state index contributed by atoms with van der Waals surface area (Å²) >= 11 is 1.73. The summed E-state index contributed by atoms with van der Waals surface area (Å²) in [4.78, 5) is 4.20. The minimum Gasteiger partial charge on any atom is -0.508 e. The summed E-state index contributed by atoms with van der Waals surface area (Å²) in [6.45, 7) is 2.11. The van der Waals surface area contributed by atoms with Crippen molar-refractivity contribution in [3.63, 3.8) is 0 Å². The third kappa shape index (κ3) is 2.95. The van der Waals surface area contributed by atoms with Gasteiger partial charge in [0.25, 0.3) is 5.89 Å². The lowest BCUT2D eigenvalue weighted by Crippen LogP contribution is -1.85. The van der Waals surface area contributed by atoms with Gasteiger partial charge in [-0.1, -0.05) is 12.1 Å². The van der Waals surface area contributed by atoms with Crippen LogP contribution in [0.15, 0.2) is 22.7 Å². The highest BCUT2D eigenvalue weighted by atomic mass is 32.2. The standard InChI is InChI=1S/C12H14N2O3S/c1-2-5-18-7-11-13-12(17-14-11)9-4-3-8(15)6-10(9)16/h3-4,6,15-16H,2,5,7H2,1H3. The summed E-state index contributed by atoms with van der Waals surface area (Å²) in [5, 5.41) is 22.7. The van der Waals surface area contributed by atoms with Crippen molar-refractivity contribution in [3.05, 3.63) is 24.0 Å². The van der Waals surface area contributed by atoms with E-state index in [-0.39, 0.29) is 17.4 Å². The second-order valence-corrected chi connectivity index (χ2v) is 4.87. The smallest absolute Gasteiger partial charge is 0.261 e. The van der Waals surface area contributed by atoms with Crippen LogP contribution in [0.25, 0.3) is 11.5 Å². The van der Waals surface area contributed by atoms with Crippen LogP contribution >= 0.6 is 11.8 Å². The summed E-state index contributed by atoms with van der Waals surface area (Å²) in [5.74, 6) is 2.53. The molecule has 1 heterocycles. The summed E-state index contributed by atoms with van der Waals surface area (Å²) < 4.78 is 5.09. The van der Waals surface area contributed by atoms with Crippen molar-refractivity contribution in [2.45, 2.75) is 19.1 Å². The summed E-state index contributed by atoms with van der Waals surface area (Å²) in [6.07, 6.45) is 1.11. The molecule has 5 nitrogen and oxygen atoms in total. The molecular formula is C12H14N2O3S. The van der Waals surface area contributed by atoms with Gasteiger partial charge in [0.1, 0.15) is 11.5 Å². The number of aromatic hydroxyl groups is 2. The number of aromatic nitrogens is 2. The lowest BCUT2D eigenvalue weighted by molar-refractivity contribution is 0.418. The van der Waals surface area contributed by atoms with Gasteiger partial charge in [0.15, 0.2) is 5.82 Å². The average Bonchev–Trinajstić information content (AvgIpc) is 2.78. The van der Waals surface area contributed by atoms with Crippen molar-refractivity contribution in [2.75, 3.05) is 5.75 Å². The molecule has 2 rings (SSSR count). The number of benzene rings is 1. The number of phenolic OH excluding ortho intramolecular Hbond substituents is 2.